The minimum absolute atomic E-state index is 0.276. The van der Waals surface area contributed by atoms with Crippen LogP contribution >= 0.6 is 0 Å². The van der Waals surface area contributed by atoms with Gasteiger partial charge in [0.25, 0.3) is 0 Å². The molecule has 27 heavy (non-hydrogen) atoms. The summed E-state index contributed by atoms with van der Waals surface area (Å²) in [6.45, 7) is 3.62. The van der Waals surface area contributed by atoms with Crippen molar-refractivity contribution < 1.29 is 14.6 Å². The molecule has 4 rings (SSSR count). The fourth-order valence-corrected chi connectivity index (χ4v) is 3.58. The maximum atomic E-state index is 11.9. The fraction of sp³-hybridized carbons (Fsp3) is 0.174. The normalized spacial score (nSPS) is 13.1. The topological polar surface area (TPSA) is 58.6 Å². The molecular formula is C23H21NO3. The van der Waals surface area contributed by atoms with Crippen LogP contribution < -0.4 is 10.1 Å². The van der Waals surface area contributed by atoms with Gasteiger partial charge < -0.3 is 15.2 Å². The van der Waals surface area contributed by atoms with E-state index in [-0.39, 0.29) is 5.56 Å². The monoisotopic (exact) mass is 359 g/mol. The molecule has 0 aromatic heterocycles. The summed E-state index contributed by atoms with van der Waals surface area (Å²) in [6.07, 6.45) is 1.02. The van der Waals surface area contributed by atoms with Gasteiger partial charge in [0, 0.05) is 12.1 Å². The van der Waals surface area contributed by atoms with Gasteiger partial charge in [0.05, 0.1) is 5.56 Å². The Labute approximate surface area is 158 Å². The summed E-state index contributed by atoms with van der Waals surface area (Å²) >= 11 is 0. The van der Waals surface area contributed by atoms with Crippen LogP contribution in [0.2, 0.25) is 0 Å². The van der Waals surface area contributed by atoms with Crippen molar-refractivity contribution in [3.8, 4) is 22.6 Å². The third-order valence-corrected chi connectivity index (χ3v) is 5.01. The Hall–Kier alpha value is -3.11. The second-order valence-corrected chi connectivity index (χ2v) is 6.74. The standard InChI is InChI=1S/C23H21NO3/c1-15-21(27-19-8-7-16-11-12-24-14-18(16)13-19)10-9-20(22(15)23(25)26)17-5-3-2-4-6-17/h2-10,13,24H,11-12,14H2,1H3,(H,25,26). The molecule has 1 aliphatic rings. The average Bonchev–Trinajstić information content (AvgIpc) is 2.69. The minimum atomic E-state index is -0.952. The quantitative estimate of drug-likeness (QED) is 0.703. The lowest BCUT2D eigenvalue weighted by Gasteiger charge is -2.19. The lowest BCUT2D eigenvalue weighted by atomic mass is 9.95. The highest BCUT2D eigenvalue weighted by atomic mass is 16.5. The molecule has 0 radical (unpaired) electrons. The number of hydrogen-bond donors (Lipinski definition) is 2. The second kappa shape index (κ2) is 7.25. The van der Waals surface area contributed by atoms with Gasteiger partial charge in [-0.15, -0.1) is 0 Å². The lowest BCUT2D eigenvalue weighted by molar-refractivity contribution is 0.0696. The van der Waals surface area contributed by atoms with Crippen molar-refractivity contribution in [2.75, 3.05) is 6.54 Å². The summed E-state index contributed by atoms with van der Waals surface area (Å²) in [5, 5.41) is 13.2. The Morgan fingerprint density at radius 1 is 1.04 bits per heavy atom. The van der Waals surface area contributed by atoms with Crippen molar-refractivity contribution in [2.24, 2.45) is 0 Å². The van der Waals surface area contributed by atoms with E-state index < -0.39 is 5.97 Å². The van der Waals surface area contributed by atoms with Crippen LogP contribution in [0.1, 0.15) is 27.0 Å². The van der Waals surface area contributed by atoms with Gasteiger partial charge >= 0.3 is 5.97 Å². The van der Waals surface area contributed by atoms with Crippen LogP contribution in [0.5, 0.6) is 11.5 Å². The average molecular weight is 359 g/mol. The van der Waals surface area contributed by atoms with Crippen molar-refractivity contribution in [2.45, 2.75) is 19.9 Å². The first-order valence-electron chi connectivity index (χ1n) is 9.06. The smallest absolute Gasteiger partial charge is 0.336 e. The number of fused-ring (bicyclic) bond motifs is 1. The minimum Gasteiger partial charge on any atom is -0.478 e. The van der Waals surface area contributed by atoms with Gasteiger partial charge in [0.15, 0.2) is 0 Å². The van der Waals surface area contributed by atoms with E-state index in [1.807, 2.05) is 54.6 Å². The molecule has 0 fully saturated rings. The third kappa shape index (κ3) is 3.44. The fourth-order valence-electron chi connectivity index (χ4n) is 3.58. The molecule has 0 saturated heterocycles. The van der Waals surface area contributed by atoms with Gasteiger partial charge in [-0.25, -0.2) is 4.79 Å². The number of rotatable bonds is 4. The molecule has 1 aliphatic heterocycles. The highest BCUT2D eigenvalue weighted by molar-refractivity contribution is 5.98. The van der Waals surface area contributed by atoms with Gasteiger partial charge in [0.1, 0.15) is 11.5 Å². The number of carbonyl (C=O) groups is 1. The van der Waals surface area contributed by atoms with Crippen LogP contribution in [0.15, 0.2) is 60.7 Å². The zero-order valence-electron chi connectivity index (χ0n) is 15.2. The highest BCUT2D eigenvalue weighted by Gasteiger charge is 2.19. The Kier molecular flexibility index (Phi) is 4.65. The first-order chi connectivity index (χ1) is 13.1. The second-order valence-electron chi connectivity index (χ2n) is 6.74. The summed E-state index contributed by atoms with van der Waals surface area (Å²) in [7, 11) is 0. The van der Waals surface area contributed by atoms with Crippen LogP contribution in [0, 0.1) is 6.92 Å². The predicted octanol–water partition coefficient (Wildman–Crippen LogP) is 4.80. The Morgan fingerprint density at radius 2 is 1.85 bits per heavy atom. The van der Waals surface area contributed by atoms with Gasteiger partial charge in [0.2, 0.25) is 0 Å². The van der Waals surface area contributed by atoms with Crippen LogP contribution in [0.4, 0.5) is 0 Å². The molecule has 3 aromatic rings. The van der Waals surface area contributed by atoms with E-state index in [0.717, 1.165) is 30.8 Å². The summed E-state index contributed by atoms with van der Waals surface area (Å²) < 4.78 is 6.07. The highest BCUT2D eigenvalue weighted by Crippen LogP contribution is 2.34. The van der Waals surface area contributed by atoms with Gasteiger partial charge in [-0.3, -0.25) is 0 Å². The zero-order valence-corrected chi connectivity index (χ0v) is 15.2. The molecule has 0 spiro atoms. The molecule has 0 aliphatic carbocycles. The third-order valence-electron chi connectivity index (χ3n) is 5.01. The molecule has 0 atom stereocenters. The number of ether oxygens (including phenoxy) is 1. The molecule has 3 aromatic carbocycles. The molecule has 4 heteroatoms. The lowest BCUT2D eigenvalue weighted by Crippen LogP contribution is -2.23. The first kappa shape index (κ1) is 17.3. The molecule has 0 unspecified atom stereocenters. The van der Waals surface area contributed by atoms with Crippen molar-refractivity contribution in [3.63, 3.8) is 0 Å². The van der Waals surface area contributed by atoms with E-state index in [1.165, 1.54) is 11.1 Å². The van der Waals surface area contributed by atoms with Crippen LogP contribution in [0.3, 0.4) is 0 Å². The number of nitrogens with one attached hydrogen (secondary N) is 1. The van der Waals surface area contributed by atoms with Crippen molar-refractivity contribution in [1.29, 1.82) is 0 Å². The molecule has 0 saturated carbocycles. The van der Waals surface area contributed by atoms with Crippen molar-refractivity contribution in [1.82, 2.24) is 5.32 Å². The van der Waals surface area contributed by atoms with Crippen molar-refractivity contribution in [3.05, 3.63) is 82.9 Å². The molecule has 4 nitrogen and oxygen atoms in total. The summed E-state index contributed by atoms with van der Waals surface area (Å²) in [5.41, 5.74) is 5.05. The molecule has 0 amide bonds. The summed E-state index contributed by atoms with van der Waals surface area (Å²) in [4.78, 5) is 11.9. The van der Waals surface area contributed by atoms with Crippen molar-refractivity contribution >= 4 is 5.97 Å². The Bertz CT molecular complexity index is 996. The first-order valence-corrected chi connectivity index (χ1v) is 9.06. The van der Waals surface area contributed by atoms with E-state index in [0.29, 0.717) is 16.9 Å². The van der Waals surface area contributed by atoms with E-state index >= 15 is 0 Å². The summed E-state index contributed by atoms with van der Waals surface area (Å²) in [5.74, 6) is 0.339. The van der Waals surface area contributed by atoms with Gasteiger partial charge in [-0.2, -0.15) is 0 Å². The molecule has 0 bridgehead atoms. The number of aromatic carboxylic acids is 1. The van der Waals surface area contributed by atoms with E-state index in [9.17, 15) is 9.90 Å². The van der Waals surface area contributed by atoms with E-state index in [4.69, 9.17) is 4.74 Å². The van der Waals surface area contributed by atoms with Gasteiger partial charge in [-0.05, 0) is 66.4 Å². The summed E-state index contributed by atoms with van der Waals surface area (Å²) in [6, 6.07) is 19.3. The number of benzene rings is 3. The maximum absolute atomic E-state index is 11.9. The predicted molar refractivity (Wildman–Crippen MR) is 106 cm³/mol. The Morgan fingerprint density at radius 3 is 2.63 bits per heavy atom. The van der Waals surface area contributed by atoms with E-state index in [2.05, 4.69) is 11.4 Å². The molecule has 2 N–H and O–H groups in total. The van der Waals surface area contributed by atoms with Crippen LogP contribution in [-0.4, -0.2) is 17.6 Å². The molecule has 1 heterocycles. The molecular weight excluding hydrogens is 338 g/mol. The van der Waals surface area contributed by atoms with Crippen LogP contribution in [0.25, 0.3) is 11.1 Å². The SMILES string of the molecule is Cc1c(Oc2ccc3c(c2)CNCC3)ccc(-c2ccccc2)c1C(=O)O. The van der Waals surface area contributed by atoms with Crippen LogP contribution in [-0.2, 0) is 13.0 Å². The molecule has 136 valence electrons. The van der Waals surface area contributed by atoms with E-state index in [1.54, 1.807) is 6.92 Å². The maximum Gasteiger partial charge on any atom is 0.336 e. The number of hydrogen-bond acceptors (Lipinski definition) is 3. The Balaban J connectivity index is 1.72. The van der Waals surface area contributed by atoms with Gasteiger partial charge in [-0.1, -0.05) is 36.4 Å². The zero-order chi connectivity index (χ0) is 18.8. The largest absolute Gasteiger partial charge is 0.478 e. The number of carboxylic acid groups (broad SMARTS) is 1. The number of carboxylic acids is 1.